The monoisotopic (exact) mass is 295 g/mol. The molecule has 5 nitrogen and oxygen atoms in total. The molecule has 0 spiro atoms. The average molecular weight is 295 g/mol. The third-order valence-electron chi connectivity index (χ3n) is 3.44. The van der Waals surface area contributed by atoms with Gasteiger partial charge in [0.25, 0.3) is 0 Å². The second kappa shape index (κ2) is 6.83. The van der Waals surface area contributed by atoms with Gasteiger partial charge >= 0.3 is 0 Å². The zero-order valence-electron chi connectivity index (χ0n) is 12.0. The Hall–Kier alpha value is -1.43. The molecular weight excluding hydrogens is 274 g/mol. The highest BCUT2D eigenvalue weighted by Gasteiger charge is 2.31. The van der Waals surface area contributed by atoms with E-state index in [2.05, 4.69) is 10.3 Å². The Bertz CT molecular complexity index is 487. The Labute approximate surface area is 123 Å². The third-order valence-corrected chi connectivity index (χ3v) is 4.27. The lowest BCUT2D eigenvalue weighted by atomic mass is 10.0. The first kappa shape index (κ1) is 15.0. The fourth-order valence-corrected chi connectivity index (χ4v) is 3.13. The smallest absolute Gasteiger partial charge is 0.248 e. The lowest BCUT2D eigenvalue weighted by Crippen LogP contribution is -2.49. The second-order valence-corrected chi connectivity index (χ2v) is 6.35. The highest BCUT2D eigenvalue weighted by atomic mass is 32.1. The van der Waals surface area contributed by atoms with Crippen molar-refractivity contribution in [2.75, 3.05) is 11.9 Å². The fourth-order valence-electron chi connectivity index (χ4n) is 2.46. The average Bonchev–Trinajstić information content (AvgIpc) is 2.84. The molecule has 1 atom stereocenters. The van der Waals surface area contributed by atoms with Gasteiger partial charge < -0.3 is 10.2 Å². The van der Waals surface area contributed by atoms with E-state index in [-0.39, 0.29) is 17.9 Å². The van der Waals surface area contributed by atoms with Crippen LogP contribution >= 0.6 is 11.3 Å². The zero-order valence-corrected chi connectivity index (χ0v) is 12.8. The molecule has 1 unspecified atom stereocenters. The van der Waals surface area contributed by atoms with Crippen LogP contribution in [0, 0.1) is 6.92 Å². The zero-order chi connectivity index (χ0) is 14.5. The van der Waals surface area contributed by atoms with Gasteiger partial charge in [-0.3, -0.25) is 9.59 Å². The van der Waals surface area contributed by atoms with E-state index in [0.717, 1.165) is 30.6 Å². The molecule has 20 heavy (non-hydrogen) atoms. The first-order chi connectivity index (χ1) is 9.61. The van der Waals surface area contributed by atoms with Gasteiger partial charge in [-0.05, 0) is 32.6 Å². The van der Waals surface area contributed by atoms with Crippen molar-refractivity contribution in [2.24, 2.45) is 0 Å². The maximum Gasteiger partial charge on any atom is 0.248 e. The van der Waals surface area contributed by atoms with E-state index in [1.165, 1.54) is 11.3 Å². The fraction of sp³-hybridized carbons (Fsp3) is 0.643. The molecule has 110 valence electrons. The maximum absolute atomic E-state index is 12.4. The number of hydrogen-bond acceptors (Lipinski definition) is 4. The van der Waals surface area contributed by atoms with E-state index >= 15 is 0 Å². The van der Waals surface area contributed by atoms with Crippen molar-refractivity contribution in [2.45, 2.75) is 52.0 Å². The normalized spacial score (nSPS) is 18.9. The molecule has 1 saturated heterocycles. The number of likely N-dealkylation sites (tertiary alicyclic amines) is 1. The van der Waals surface area contributed by atoms with Crippen molar-refractivity contribution in [3.63, 3.8) is 0 Å². The summed E-state index contributed by atoms with van der Waals surface area (Å²) in [4.78, 5) is 31.4. The van der Waals surface area contributed by atoms with Gasteiger partial charge in [0.2, 0.25) is 11.8 Å². The summed E-state index contributed by atoms with van der Waals surface area (Å²) in [5.41, 5.74) is 0. The van der Waals surface area contributed by atoms with Crippen LogP contribution in [0.2, 0.25) is 0 Å². The Morgan fingerprint density at radius 3 is 2.95 bits per heavy atom. The molecule has 1 aliphatic rings. The molecular formula is C14H21N3O2S. The minimum absolute atomic E-state index is 0.0858. The SMILES string of the molecule is CCCC(=O)N1CCCCC1C(=O)Nc1ncc(C)s1. The van der Waals surface area contributed by atoms with Crippen LogP contribution in [-0.2, 0) is 9.59 Å². The van der Waals surface area contributed by atoms with Gasteiger partial charge in [0.05, 0.1) is 0 Å². The van der Waals surface area contributed by atoms with Gasteiger partial charge in [-0.2, -0.15) is 0 Å². The number of nitrogens with zero attached hydrogens (tertiary/aromatic N) is 2. The first-order valence-corrected chi connectivity index (χ1v) is 7.96. The van der Waals surface area contributed by atoms with E-state index in [1.807, 2.05) is 13.8 Å². The second-order valence-electron chi connectivity index (χ2n) is 5.11. The van der Waals surface area contributed by atoms with E-state index < -0.39 is 0 Å². The standard InChI is InChI=1S/C14H21N3O2S/c1-3-6-12(18)17-8-5-4-7-11(17)13(19)16-14-15-9-10(2)20-14/h9,11H,3-8H2,1-2H3,(H,15,16,19). The molecule has 1 aromatic rings. The molecule has 0 bridgehead atoms. The molecule has 1 N–H and O–H groups in total. The van der Waals surface area contributed by atoms with E-state index in [4.69, 9.17) is 0 Å². The minimum atomic E-state index is -0.341. The number of amides is 2. The molecule has 2 amide bonds. The quantitative estimate of drug-likeness (QED) is 0.928. The number of rotatable bonds is 4. The third kappa shape index (κ3) is 3.56. The van der Waals surface area contributed by atoms with Crippen molar-refractivity contribution in [1.29, 1.82) is 0 Å². The number of carbonyl (C=O) groups is 2. The van der Waals surface area contributed by atoms with E-state index in [9.17, 15) is 9.59 Å². The van der Waals surface area contributed by atoms with Gasteiger partial charge in [0.15, 0.2) is 5.13 Å². The minimum Gasteiger partial charge on any atom is -0.331 e. The van der Waals surface area contributed by atoms with Gasteiger partial charge in [-0.15, -0.1) is 11.3 Å². The summed E-state index contributed by atoms with van der Waals surface area (Å²) in [6.07, 6.45) is 5.78. The van der Waals surface area contributed by atoms with Crippen LogP contribution in [0.1, 0.15) is 43.9 Å². The number of anilines is 1. The summed E-state index contributed by atoms with van der Waals surface area (Å²) in [7, 11) is 0. The van der Waals surface area contributed by atoms with Crippen LogP contribution in [-0.4, -0.2) is 34.3 Å². The summed E-state index contributed by atoms with van der Waals surface area (Å²) in [5, 5.41) is 3.45. The highest BCUT2D eigenvalue weighted by Crippen LogP contribution is 2.22. The number of carbonyl (C=O) groups excluding carboxylic acids is 2. The van der Waals surface area contributed by atoms with Crippen LogP contribution in [0.25, 0.3) is 0 Å². The maximum atomic E-state index is 12.4. The predicted molar refractivity (Wildman–Crippen MR) is 79.7 cm³/mol. The Balaban J connectivity index is 2.03. The topological polar surface area (TPSA) is 62.3 Å². The van der Waals surface area contributed by atoms with Crippen molar-refractivity contribution in [3.8, 4) is 0 Å². The summed E-state index contributed by atoms with van der Waals surface area (Å²) in [5.74, 6) is -0.0221. The van der Waals surface area contributed by atoms with Gasteiger partial charge in [0.1, 0.15) is 6.04 Å². The van der Waals surface area contributed by atoms with Crippen LogP contribution in [0.3, 0.4) is 0 Å². The Kier molecular flexibility index (Phi) is 5.11. The van der Waals surface area contributed by atoms with E-state index in [0.29, 0.717) is 18.1 Å². The molecule has 0 radical (unpaired) electrons. The van der Waals surface area contributed by atoms with Crippen LogP contribution in [0.5, 0.6) is 0 Å². The summed E-state index contributed by atoms with van der Waals surface area (Å²) < 4.78 is 0. The lowest BCUT2D eigenvalue weighted by molar-refractivity contribution is -0.140. The summed E-state index contributed by atoms with van der Waals surface area (Å²) >= 11 is 1.45. The largest absolute Gasteiger partial charge is 0.331 e. The Morgan fingerprint density at radius 1 is 1.50 bits per heavy atom. The van der Waals surface area contributed by atoms with Crippen molar-refractivity contribution >= 4 is 28.3 Å². The van der Waals surface area contributed by atoms with E-state index in [1.54, 1.807) is 11.1 Å². The number of nitrogens with one attached hydrogen (secondary N) is 1. The van der Waals surface area contributed by atoms with Crippen LogP contribution in [0.15, 0.2) is 6.20 Å². The first-order valence-electron chi connectivity index (χ1n) is 7.14. The predicted octanol–water partition coefficient (Wildman–Crippen LogP) is 2.57. The van der Waals surface area contributed by atoms with Crippen molar-refractivity contribution < 1.29 is 9.59 Å². The lowest BCUT2D eigenvalue weighted by Gasteiger charge is -2.34. The molecule has 0 saturated carbocycles. The molecule has 0 aromatic carbocycles. The summed E-state index contributed by atoms with van der Waals surface area (Å²) in [6.45, 7) is 4.62. The molecule has 6 heteroatoms. The highest BCUT2D eigenvalue weighted by molar-refractivity contribution is 7.15. The van der Waals surface area contributed by atoms with Gasteiger partial charge in [0, 0.05) is 24.0 Å². The number of aryl methyl sites for hydroxylation is 1. The summed E-state index contributed by atoms with van der Waals surface area (Å²) in [6, 6.07) is -0.341. The molecule has 1 aromatic heterocycles. The number of hydrogen-bond donors (Lipinski definition) is 1. The molecule has 2 heterocycles. The Morgan fingerprint density at radius 2 is 2.30 bits per heavy atom. The van der Waals surface area contributed by atoms with Gasteiger partial charge in [-0.25, -0.2) is 4.98 Å². The number of thiazole rings is 1. The molecule has 1 aliphatic heterocycles. The molecule has 1 fully saturated rings. The van der Waals surface area contributed by atoms with Crippen LogP contribution in [0.4, 0.5) is 5.13 Å². The number of aromatic nitrogens is 1. The van der Waals surface area contributed by atoms with Crippen molar-refractivity contribution in [1.82, 2.24) is 9.88 Å². The van der Waals surface area contributed by atoms with Crippen LogP contribution < -0.4 is 5.32 Å². The van der Waals surface area contributed by atoms with Crippen molar-refractivity contribution in [3.05, 3.63) is 11.1 Å². The number of piperidine rings is 1. The van der Waals surface area contributed by atoms with Gasteiger partial charge in [-0.1, -0.05) is 6.92 Å². The molecule has 2 rings (SSSR count). The molecule has 0 aliphatic carbocycles.